The Bertz CT molecular complexity index is 1070. The second kappa shape index (κ2) is 6.87. The Morgan fingerprint density at radius 2 is 1.90 bits per heavy atom. The molecule has 6 nitrogen and oxygen atoms in total. The summed E-state index contributed by atoms with van der Waals surface area (Å²) < 4.78 is 0. The van der Waals surface area contributed by atoms with E-state index in [4.69, 9.17) is 0 Å². The highest BCUT2D eigenvalue weighted by atomic mass is 16.2. The summed E-state index contributed by atoms with van der Waals surface area (Å²) in [4.78, 5) is 37.0. The fraction of sp³-hybridized carbons (Fsp3) is 0.435. The first kappa shape index (κ1) is 19.4. The number of para-hydroxylation sites is 2. The van der Waals surface area contributed by atoms with Crippen LogP contribution in [0.1, 0.15) is 78.1 Å². The van der Waals surface area contributed by atoms with E-state index in [-0.39, 0.29) is 29.1 Å². The lowest BCUT2D eigenvalue weighted by Gasteiger charge is -2.28. The third-order valence-corrected chi connectivity index (χ3v) is 5.78. The zero-order valence-electron chi connectivity index (χ0n) is 17.6. The Kier molecular flexibility index (Phi) is 4.60. The second-order valence-corrected chi connectivity index (χ2v) is 9.25. The van der Waals surface area contributed by atoms with Gasteiger partial charge in [0, 0.05) is 17.7 Å². The number of carbonyl (C=O) groups is 2. The molecule has 29 heavy (non-hydrogen) atoms. The molecule has 1 unspecified atom stereocenters. The molecule has 3 aromatic rings. The average Bonchev–Trinajstić information content (AvgIpc) is 3.19. The van der Waals surface area contributed by atoms with Gasteiger partial charge in [0.1, 0.15) is 11.5 Å². The second-order valence-electron chi connectivity index (χ2n) is 9.25. The first-order valence-corrected chi connectivity index (χ1v) is 10.2. The minimum absolute atomic E-state index is 0.0934. The molecular formula is C23H28N4O2. The van der Waals surface area contributed by atoms with Gasteiger partial charge in [0.25, 0.3) is 5.91 Å². The summed E-state index contributed by atoms with van der Waals surface area (Å²) in [5.41, 5.74) is 4.51. The number of hydrogen-bond donors (Lipinski definition) is 3. The molecule has 3 N–H and O–H groups in total. The van der Waals surface area contributed by atoms with E-state index in [0.29, 0.717) is 17.7 Å². The van der Waals surface area contributed by atoms with Crippen molar-refractivity contribution in [1.82, 2.24) is 20.3 Å². The molecule has 0 spiro atoms. The first-order valence-electron chi connectivity index (χ1n) is 10.2. The molecule has 1 aromatic carbocycles. The number of nitrogens with zero attached hydrogens (tertiary/aromatic N) is 1. The smallest absolute Gasteiger partial charge is 0.268 e. The van der Waals surface area contributed by atoms with Gasteiger partial charge in [-0.1, -0.05) is 39.8 Å². The zero-order valence-corrected chi connectivity index (χ0v) is 17.6. The van der Waals surface area contributed by atoms with Gasteiger partial charge in [-0.3, -0.25) is 9.59 Å². The van der Waals surface area contributed by atoms with Gasteiger partial charge in [-0.25, -0.2) is 4.98 Å². The van der Waals surface area contributed by atoms with Crippen LogP contribution in [0.3, 0.4) is 0 Å². The molecule has 0 bridgehead atoms. The number of amides is 1. The minimum Gasteiger partial charge on any atom is -0.354 e. The van der Waals surface area contributed by atoms with Crippen LogP contribution >= 0.6 is 0 Å². The number of fused-ring (bicyclic) bond motifs is 2. The van der Waals surface area contributed by atoms with Gasteiger partial charge in [0.15, 0.2) is 5.78 Å². The number of aromatic amines is 2. The quantitative estimate of drug-likeness (QED) is 0.611. The number of aromatic nitrogens is 3. The highest BCUT2D eigenvalue weighted by Crippen LogP contribution is 2.37. The Hall–Kier alpha value is -2.89. The lowest BCUT2D eigenvalue weighted by Crippen LogP contribution is -2.33. The van der Waals surface area contributed by atoms with E-state index >= 15 is 0 Å². The molecule has 1 aliphatic carbocycles. The van der Waals surface area contributed by atoms with Crippen molar-refractivity contribution < 1.29 is 9.59 Å². The van der Waals surface area contributed by atoms with Crippen LogP contribution in [0.15, 0.2) is 24.3 Å². The molecule has 0 aliphatic heterocycles. The maximum Gasteiger partial charge on any atom is 0.268 e. The predicted molar refractivity (Wildman–Crippen MR) is 113 cm³/mol. The fourth-order valence-corrected chi connectivity index (χ4v) is 4.34. The standard InChI is InChI=1S/C23H28N4O2/c1-12(2)19(21-25-14-8-6-7-9-15(14)26-21)27-22(29)20-13(3)18-16(24-20)10-23(4,5)11-17(18)28/h6-9,12,19,24H,10-11H2,1-5H3,(H,25,26)(H,27,29). The minimum atomic E-state index is -0.262. The highest BCUT2D eigenvalue weighted by molar-refractivity contribution is 6.04. The average molecular weight is 393 g/mol. The predicted octanol–water partition coefficient (Wildman–Crippen LogP) is 4.48. The van der Waals surface area contributed by atoms with E-state index < -0.39 is 0 Å². The summed E-state index contributed by atoms with van der Waals surface area (Å²) in [5.74, 6) is 0.786. The lowest BCUT2D eigenvalue weighted by atomic mass is 9.75. The Labute approximate surface area is 170 Å². The number of imidazole rings is 1. The van der Waals surface area contributed by atoms with Gasteiger partial charge in [-0.15, -0.1) is 0 Å². The third kappa shape index (κ3) is 3.48. The van der Waals surface area contributed by atoms with E-state index in [2.05, 4.69) is 48.0 Å². The molecule has 2 heterocycles. The maximum absolute atomic E-state index is 13.2. The Morgan fingerprint density at radius 1 is 1.17 bits per heavy atom. The summed E-state index contributed by atoms with van der Waals surface area (Å²) in [7, 11) is 0. The van der Waals surface area contributed by atoms with Gasteiger partial charge < -0.3 is 15.3 Å². The van der Waals surface area contributed by atoms with Gasteiger partial charge in [0.05, 0.1) is 17.1 Å². The number of H-pyrrole nitrogens is 2. The topological polar surface area (TPSA) is 90.6 Å². The molecule has 0 radical (unpaired) electrons. The summed E-state index contributed by atoms with van der Waals surface area (Å²) >= 11 is 0. The van der Waals surface area contributed by atoms with E-state index in [1.165, 1.54) is 0 Å². The molecule has 2 aromatic heterocycles. The van der Waals surface area contributed by atoms with Crippen molar-refractivity contribution in [3.63, 3.8) is 0 Å². The normalized spacial score (nSPS) is 16.8. The van der Waals surface area contributed by atoms with E-state index in [9.17, 15) is 9.59 Å². The Morgan fingerprint density at radius 3 is 2.59 bits per heavy atom. The van der Waals surface area contributed by atoms with Crippen LogP contribution in [0.25, 0.3) is 11.0 Å². The number of Topliss-reactive ketones (excluding diaryl/α,β-unsaturated/α-hetero) is 1. The molecule has 1 amide bonds. The summed E-state index contributed by atoms with van der Waals surface area (Å²) in [6.07, 6.45) is 1.27. The van der Waals surface area contributed by atoms with Crippen molar-refractivity contribution in [2.45, 2.75) is 53.5 Å². The number of benzene rings is 1. The summed E-state index contributed by atoms with van der Waals surface area (Å²) in [6, 6.07) is 7.56. The van der Waals surface area contributed by atoms with Crippen LogP contribution in [-0.2, 0) is 6.42 Å². The van der Waals surface area contributed by atoms with Crippen molar-refractivity contribution in [1.29, 1.82) is 0 Å². The molecule has 152 valence electrons. The first-order chi connectivity index (χ1) is 13.7. The number of nitrogens with one attached hydrogen (secondary N) is 3. The van der Waals surface area contributed by atoms with Crippen LogP contribution in [0.4, 0.5) is 0 Å². The van der Waals surface area contributed by atoms with Crippen LogP contribution in [0, 0.1) is 18.3 Å². The summed E-state index contributed by atoms with van der Waals surface area (Å²) in [6.45, 7) is 10.1. The summed E-state index contributed by atoms with van der Waals surface area (Å²) in [5, 5.41) is 3.12. The van der Waals surface area contributed by atoms with Crippen molar-refractivity contribution in [3.05, 3.63) is 52.6 Å². The van der Waals surface area contributed by atoms with Gasteiger partial charge in [-0.2, -0.15) is 0 Å². The molecule has 6 heteroatoms. The van der Waals surface area contributed by atoms with Gasteiger partial charge >= 0.3 is 0 Å². The van der Waals surface area contributed by atoms with Gasteiger partial charge in [-0.05, 0) is 42.4 Å². The zero-order chi connectivity index (χ0) is 20.9. The maximum atomic E-state index is 13.2. The highest BCUT2D eigenvalue weighted by Gasteiger charge is 2.35. The number of carbonyl (C=O) groups excluding carboxylic acids is 2. The fourth-order valence-electron chi connectivity index (χ4n) is 4.34. The lowest BCUT2D eigenvalue weighted by molar-refractivity contribution is 0.0906. The third-order valence-electron chi connectivity index (χ3n) is 5.78. The van der Waals surface area contributed by atoms with Crippen LogP contribution in [-0.4, -0.2) is 26.6 Å². The monoisotopic (exact) mass is 392 g/mol. The molecule has 1 aliphatic rings. The number of ketones is 1. The van der Waals surface area contributed by atoms with Crippen LogP contribution in [0.2, 0.25) is 0 Å². The largest absolute Gasteiger partial charge is 0.354 e. The molecule has 1 atom stereocenters. The molecule has 0 saturated carbocycles. The van der Waals surface area contributed by atoms with Crippen molar-refractivity contribution in [3.8, 4) is 0 Å². The molecular weight excluding hydrogens is 364 g/mol. The van der Waals surface area contributed by atoms with Crippen molar-refractivity contribution >= 4 is 22.7 Å². The number of hydrogen-bond acceptors (Lipinski definition) is 3. The van der Waals surface area contributed by atoms with Gasteiger partial charge in [0.2, 0.25) is 0 Å². The Balaban J connectivity index is 1.65. The SMILES string of the molecule is Cc1c(C(=O)NC(c2nc3ccccc3[nH]2)C(C)C)[nH]c2c1C(=O)CC(C)(C)C2. The van der Waals surface area contributed by atoms with Crippen LogP contribution < -0.4 is 5.32 Å². The molecule has 0 fully saturated rings. The van der Waals surface area contributed by atoms with Crippen molar-refractivity contribution in [2.75, 3.05) is 0 Å². The van der Waals surface area contributed by atoms with Crippen molar-refractivity contribution in [2.24, 2.45) is 11.3 Å². The number of rotatable bonds is 4. The molecule has 0 saturated heterocycles. The molecule has 4 rings (SSSR count). The van der Waals surface area contributed by atoms with Crippen LogP contribution in [0.5, 0.6) is 0 Å². The van der Waals surface area contributed by atoms with E-state index in [1.54, 1.807) is 0 Å². The van der Waals surface area contributed by atoms with E-state index in [1.807, 2.05) is 31.2 Å². The van der Waals surface area contributed by atoms with E-state index in [0.717, 1.165) is 34.5 Å².